The number of nitrogens with two attached hydrogens (primary N) is 1. The van der Waals surface area contributed by atoms with Crippen LogP contribution in [0.1, 0.15) is 38.3 Å². The Kier molecular flexibility index (Phi) is 6.51. The summed E-state index contributed by atoms with van der Waals surface area (Å²) in [5, 5.41) is 7.01. The number of nitrogen functional groups attached to an aromatic ring is 1. The number of anilines is 1. The predicted molar refractivity (Wildman–Crippen MR) is 94.6 cm³/mol. The predicted octanol–water partition coefficient (Wildman–Crippen LogP) is 0.967. The van der Waals surface area contributed by atoms with Gasteiger partial charge in [-0.05, 0) is 44.0 Å². The quantitative estimate of drug-likeness (QED) is 0.467. The number of likely N-dealkylation sites (N-methyl/N-ethyl adjacent to an activating group) is 1. The largest absolute Gasteiger partial charge is 0.358 e. The molecule has 0 saturated carbocycles. The van der Waals surface area contributed by atoms with Crippen molar-refractivity contribution in [3.8, 4) is 0 Å². The molecule has 0 spiro atoms. The molecule has 2 aromatic heterocycles. The van der Waals surface area contributed by atoms with Crippen molar-refractivity contribution in [3.63, 3.8) is 0 Å². The van der Waals surface area contributed by atoms with Crippen molar-refractivity contribution < 1.29 is 4.79 Å². The summed E-state index contributed by atoms with van der Waals surface area (Å²) in [4.78, 5) is 17.9. The van der Waals surface area contributed by atoms with Crippen LogP contribution in [-0.4, -0.2) is 52.1 Å². The fourth-order valence-electron chi connectivity index (χ4n) is 2.83. The number of hydrogen-bond donors (Lipinski definition) is 3. The molecule has 2 rings (SSSR count). The Morgan fingerprint density at radius 2 is 2.21 bits per heavy atom. The van der Waals surface area contributed by atoms with E-state index in [-0.39, 0.29) is 5.91 Å². The Morgan fingerprint density at radius 3 is 2.88 bits per heavy atom. The number of amides is 1. The van der Waals surface area contributed by atoms with E-state index in [2.05, 4.69) is 45.6 Å². The van der Waals surface area contributed by atoms with Gasteiger partial charge in [-0.1, -0.05) is 13.8 Å². The van der Waals surface area contributed by atoms with Crippen LogP contribution in [-0.2, 0) is 4.79 Å². The van der Waals surface area contributed by atoms with Crippen molar-refractivity contribution in [1.82, 2.24) is 24.8 Å². The number of hydrazine groups is 1. The van der Waals surface area contributed by atoms with Crippen LogP contribution in [0.2, 0.25) is 0 Å². The molecule has 0 aromatic carbocycles. The Morgan fingerprint density at radius 1 is 1.42 bits per heavy atom. The average Bonchev–Trinajstić information content (AvgIpc) is 3.03. The van der Waals surface area contributed by atoms with Crippen molar-refractivity contribution in [2.45, 2.75) is 32.6 Å². The van der Waals surface area contributed by atoms with Gasteiger partial charge in [-0.25, -0.2) is 15.3 Å². The number of aromatic nitrogens is 3. The molecule has 2 aromatic rings. The van der Waals surface area contributed by atoms with Crippen molar-refractivity contribution >= 4 is 17.2 Å². The van der Waals surface area contributed by atoms with Crippen LogP contribution < -0.4 is 16.6 Å². The molecule has 4 N–H and O–H groups in total. The number of nitrogens with one attached hydrogen (secondary N) is 2. The molecule has 2 heterocycles. The van der Waals surface area contributed by atoms with Crippen LogP contribution in [0, 0.1) is 0 Å². The number of rotatable bonds is 9. The van der Waals surface area contributed by atoms with Gasteiger partial charge >= 0.3 is 0 Å². The summed E-state index contributed by atoms with van der Waals surface area (Å²) >= 11 is 0. The number of nitrogens with zero attached hydrogens (tertiary/aromatic N) is 4. The molecule has 132 valence electrons. The summed E-state index contributed by atoms with van der Waals surface area (Å²) in [7, 11) is 1.67. The van der Waals surface area contributed by atoms with Crippen LogP contribution in [0.3, 0.4) is 0 Å². The van der Waals surface area contributed by atoms with Gasteiger partial charge in [-0.15, -0.1) is 0 Å². The minimum absolute atomic E-state index is 0.0515. The van der Waals surface area contributed by atoms with Crippen LogP contribution in [0.25, 0.3) is 5.52 Å². The van der Waals surface area contributed by atoms with Crippen molar-refractivity contribution in [2.24, 2.45) is 5.84 Å². The summed E-state index contributed by atoms with van der Waals surface area (Å²) in [5.41, 5.74) is 4.56. The Balaban J connectivity index is 2.06. The molecule has 0 radical (unpaired) electrons. The third kappa shape index (κ3) is 4.21. The molecule has 0 aliphatic rings. The van der Waals surface area contributed by atoms with Crippen LogP contribution in [0.15, 0.2) is 18.5 Å². The maximum absolute atomic E-state index is 11.6. The molecule has 1 amide bonds. The molecule has 0 bridgehead atoms. The molecule has 1 atom stereocenters. The summed E-state index contributed by atoms with van der Waals surface area (Å²) in [6, 6.07) is 4.02. The smallest absolute Gasteiger partial charge is 0.233 e. The maximum atomic E-state index is 11.6. The van der Waals surface area contributed by atoms with E-state index in [1.165, 1.54) is 6.33 Å². The first-order valence-electron chi connectivity index (χ1n) is 8.32. The lowest BCUT2D eigenvalue weighted by Gasteiger charge is -2.22. The zero-order chi connectivity index (χ0) is 17.5. The number of hydrogen-bond acceptors (Lipinski definition) is 6. The molecular formula is C16H27N7O. The van der Waals surface area contributed by atoms with Crippen molar-refractivity contribution in [2.75, 3.05) is 32.1 Å². The Bertz CT molecular complexity index is 669. The number of carbonyl (C=O) groups excluding carboxylic acids is 1. The van der Waals surface area contributed by atoms with E-state index in [1.54, 1.807) is 7.05 Å². The van der Waals surface area contributed by atoms with Gasteiger partial charge in [0.15, 0.2) is 5.82 Å². The molecule has 8 heteroatoms. The van der Waals surface area contributed by atoms with Crippen LogP contribution in [0.4, 0.5) is 5.82 Å². The van der Waals surface area contributed by atoms with Gasteiger partial charge in [0.2, 0.25) is 5.91 Å². The highest BCUT2D eigenvalue weighted by Gasteiger charge is 2.16. The maximum Gasteiger partial charge on any atom is 0.233 e. The minimum atomic E-state index is 0.0515. The van der Waals surface area contributed by atoms with Crippen LogP contribution in [0.5, 0.6) is 0 Å². The average molecular weight is 333 g/mol. The van der Waals surface area contributed by atoms with Gasteiger partial charge in [0.05, 0.1) is 6.54 Å². The summed E-state index contributed by atoms with van der Waals surface area (Å²) < 4.78 is 1.87. The van der Waals surface area contributed by atoms with E-state index in [0.29, 0.717) is 18.3 Å². The summed E-state index contributed by atoms with van der Waals surface area (Å²) in [6.45, 7) is 6.51. The highest BCUT2D eigenvalue weighted by molar-refractivity contribution is 5.77. The topological polar surface area (TPSA) is 101 Å². The lowest BCUT2D eigenvalue weighted by molar-refractivity contribution is -0.121. The molecule has 24 heavy (non-hydrogen) atoms. The third-order valence-corrected chi connectivity index (χ3v) is 4.19. The summed E-state index contributed by atoms with van der Waals surface area (Å²) in [5.74, 6) is 6.46. The van der Waals surface area contributed by atoms with Gasteiger partial charge < -0.3 is 10.7 Å². The second-order valence-corrected chi connectivity index (χ2v) is 5.95. The van der Waals surface area contributed by atoms with Crippen LogP contribution >= 0.6 is 0 Å². The minimum Gasteiger partial charge on any atom is -0.358 e. The van der Waals surface area contributed by atoms with E-state index >= 15 is 0 Å². The molecule has 0 saturated heterocycles. The van der Waals surface area contributed by atoms with Gasteiger partial charge in [0.25, 0.3) is 0 Å². The fourth-order valence-corrected chi connectivity index (χ4v) is 2.83. The van der Waals surface area contributed by atoms with Gasteiger partial charge in [0, 0.05) is 12.7 Å². The zero-order valence-corrected chi connectivity index (χ0v) is 14.6. The first kappa shape index (κ1) is 18.2. The van der Waals surface area contributed by atoms with Gasteiger partial charge in [-0.2, -0.15) is 5.10 Å². The number of carbonyl (C=O) groups is 1. The Labute approximate surface area is 142 Å². The molecule has 0 fully saturated rings. The first-order valence-corrected chi connectivity index (χ1v) is 8.32. The SMILES string of the molecule is CCCN(CCC(C)c1ccc2c(NN)ncnn12)CC(=O)NC. The van der Waals surface area contributed by atoms with E-state index in [1.807, 2.05) is 10.6 Å². The second-order valence-electron chi connectivity index (χ2n) is 5.95. The Hall–Kier alpha value is -2.19. The monoisotopic (exact) mass is 333 g/mol. The summed E-state index contributed by atoms with van der Waals surface area (Å²) in [6.07, 6.45) is 3.46. The van der Waals surface area contributed by atoms with E-state index < -0.39 is 0 Å². The highest BCUT2D eigenvalue weighted by atomic mass is 16.1. The van der Waals surface area contributed by atoms with E-state index in [4.69, 9.17) is 5.84 Å². The van der Waals surface area contributed by atoms with Gasteiger partial charge in [0.1, 0.15) is 11.8 Å². The molecular weight excluding hydrogens is 306 g/mol. The number of fused-ring (bicyclic) bond motifs is 1. The highest BCUT2D eigenvalue weighted by Crippen LogP contribution is 2.23. The fraction of sp³-hybridized carbons (Fsp3) is 0.562. The van der Waals surface area contributed by atoms with Crippen molar-refractivity contribution in [1.29, 1.82) is 0 Å². The normalized spacial score (nSPS) is 12.5. The lowest BCUT2D eigenvalue weighted by atomic mass is 10.0. The van der Waals surface area contributed by atoms with Crippen molar-refractivity contribution in [3.05, 3.63) is 24.2 Å². The second kappa shape index (κ2) is 8.60. The van der Waals surface area contributed by atoms with E-state index in [0.717, 1.165) is 37.1 Å². The standard InChI is InChI=1S/C16H27N7O/c1-4-8-22(10-15(24)18-3)9-7-12(2)13-5-6-14-16(21-17)19-11-20-23(13)14/h5-6,11-12H,4,7-10,17H2,1-3H3,(H,18,24)(H,19,20,21). The molecule has 1 unspecified atom stereocenters. The third-order valence-electron chi connectivity index (χ3n) is 4.19. The lowest BCUT2D eigenvalue weighted by Crippen LogP contribution is -2.37. The first-order chi connectivity index (χ1) is 11.6. The zero-order valence-electron chi connectivity index (χ0n) is 14.6. The van der Waals surface area contributed by atoms with Gasteiger partial charge in [-0.3, -0.25) is 9.69 Å². The van der Waals surface area contributed by atoms with E-state index in [9.17, 15) is 4.79 Å². The molecule has 0 aliphatic carbocycles. The molecule has 0 aliphatic heterocycles. The molecule has 8 nitrogen and oxygen atoms in total.